The topological polar surface area (TPSA) is 20.3 Å². The Labute approximate surface area is 59.0 Å². The summed E-state index contributed by atoms with van der Waals surface area (Å²) in [6.45, 7) is 1.70. The molecule has 0 N–H and O–H groups in total. The van der Waals surface area contributed by atoms with Crippen LogP contribution in [0.15, 0.2) is 0 Å². The molecular weight excluding hydrogens is 133 g/mol. The molecule has 1 heterocycles. The molecule has 1 saturated carbocycles. The summed E-state index contributed by atoms with van der Waals surface area (Å²) in [5.41, 5.74) is 0. The van der Waals surface area contributed by atoms with Crippen LogP contribution in [0.3, 0.4) is 0 Å². The summed E-state index contributed by atoms with van der Waals surface area (Å²) in [5, 5.41) is 0. The molecule has 1 aliphatic carbocycles. The molecule has 56 valence electrons. The maximum absolute atomic E-state index is 12.3. The Morgan fingerprint density at radius 3 is 2.40 bits per heavy atom. The number of alkyl halides is 1. The second-order valence-corrected chi connectivity index (χ2v) is 3.04. The minimum Gasteiger partial charge on any atom is -0.342 e. The van der Waals surface area contributed by atoms with Crippen LogP contribution in [-0.2, 0) is 4.79 Å². The van der Waals surface area contributed by atoms with Crippen LogP contribution in [-0.4, -0.2) is 30.1 Å². The highest BCUT2D eigenvalue weighted by Gasteiger charge is 2.46. The fourth-order valence-electron chi connectivity index (χ4n) is 1.19. The lowest BCUT2D eigenvalue weighted by atomic mass is 10.2. The lowest BCUT2D eigenvalue weighted by Gasteiger charge is -2.30. The van der Waals surface area contributed by atoms with Crippen molar-refractivity contribution in [3.63, 3.8) is 0 Å². The minimum atomic E-state index is -0.826. The van der Waals surface area contributed by atoms with Gasteiger partial charge in [0.25, 0.3) is 0 Å². The van der Waals surface area contributed by atoms with E-state index in [1.54, 1.807) is 4.90 Å². The zero-order chi connectivity index (χ0) is 7.14. The van der Waals surface area contributed by atoms with Gasteiger partial charge in [-0.25, -0.2) is 4.39 Å². The molecule has 0 aromatic rings. The van der Waals surface area contributed by atoms with Crippen LogP contribution >= 0.6 is 0 Å². The number of rotatable bonds is 1. The van der Waals surface area contributed by atoms with E-state index in [2.05, 4.69) is 0 Å². The average Bonchev–Trinajstić information content (AvgIpc) is 2.41. The van der Waals surface area contributed by atoms with Crippen molar-refractivity contribution in [3.05, 3.63) is 0 Å². The zero-order valence-corrected chi connectivity index (χ0v) is 5.72. The predicted octanol–water partition coefficient (Wildman–Crippen LogP) is 0.577. The van der Waals surface area contributed by atoms with Crippen molar-refractivity contribution in [2.75, 3.05) is 13.1 Å². The van der Waals surface area contributed by atoms with E-state index in [0.717, 1.165) is 19.5 Å². The molecule has 0 aromatic carbocycles. The maximum atomic E-state index is 12.3. The summed E-state index contributed by atoms with van der Waals surface area (Å²) >= 11 is 0. The fourth-order valence-corrected chi connectivity index (χ4v) is 1.19. The number of amides is 1. The minimum absolute atomic E-state index is 0.0405. The van der Waals surface area contributed by atoms with Gasteiger partial charge in [0.1, 0.15) is 6.17 Å². The van der Waals surface area contributed by atoms with Gasteiger partial charge in [-0.2, -0.15) is 0 Å². The third-order valence-corrected chi connectivity index (χ3v) is 2.20. The Morgan fingerprint density at radius 2 is 2.10 bits per heavy atom. The quantitative estimate of drug-likeness (QED) is 0.525. The highest BCUT2D eigenvalue weighted by molar-refractivity contribution is 5.82. The SMILES string of the molecule is O=C([C@@H]1C[C@H]1F)N1CCC1. The molecule has 1 aliphatic heterocycles. The van der Waals surface area contributed by atoms with E-state index in [4.69, 9.17) is 0 Å². The monoisotopic (exact) mass is 143 g/mol. The molecule has 1 amide bonds. The number of hydrogen-bond acceptors (Lipinski definition) is 1. The van der Waals surface area contributed by atoms with E-state index in [1.807, 2.05) is 0 Å². The lowest BCUT2D eigenvalue weighted by molar-refractivity contribution is -0.136. The summed E-state index contributed by atoms with van der Waals surface area (Å²) in [4.78, 5) is 12.8. The Bertz CT molecular complexity index is 160. The van der Waals surface area contributed by atoms with Gasteiger partial charge in [0.2, 0.25) is 5.91 Å². The van der Waals surface area contributed by atoms with Gasteiger partial charge in [-0.1, -0.05) is 0 Å². The Morgan fingerprint density at radius 1 is 1.50 bits per heavy atom. The first kappa shape index (κ1) is 6.13. The van der Waals surface area contributed by atoms with Crippen LogP contribution < -0.4 is 0 Å². The van der Waals surface area contributed by atoms with Crippen molar-refractivity contribution in [2.24, 2.45) is 5.92 Å². The number of carbonyl (C=O) groups excluding carboxylic acids is 1. The molecule has 2 aliphatic rings. The second kappa shape index (κ2) is 1.94. The van der Waals surface area contributed by atoms with Gasteiger partial charge in [0.15, 0.2) is 0 Å². The molecule has 3 heteroatoms. The molecule has 2 fully saturated rings. The molecule has 1 saturated heterocycles. The summed E-state index contributed by atoms with van der Waals surface area (Å²) in [6.07, 6.45) is 0.734. The fraction of sp³-hybridized carbons (Fsp3) is 0.857. The highest BCUT2D eigenvalue weighted by Crippen LogP contribution is 2.36. The van der Waals surface area contributed by atoms with Crippen LogP contribution in [0.25, 0.3) is 0 Å². The molecule has 0 unspecified atom stereocenters. The molecular formula is C7H10FNO. The van der Waals surface area contributed by atoms with E-state index in [9.17, 15) is 9.18 Å². The van der Waals surface area contributed by atoms with Gasteiger partial charge < -0.3 is 4.90 Å². The Kier molecular flexibility index (Phi) is 1.19. The first-order valence-corrected chi connectivity index (χ1v) is 3.72. The van der Waals surface area contributed by atoms with E-state index in [0.29, 0.717) is 6.42 Å². The number of hydrogen-bond donors (Lipinski definition) is 0. The molecule has 0 radical (unpaired) electrons. The summed E-state index contributed by atoms with van der Waals surface area (Å²) in [7, 11) is 0. The Balaban J connectivity index is 1.87. The van der Waals surface area contributed by atoms with Crippen LogP contribution in [0.1, 0.15) is 12.8 Å². The molecule has 2 nitrogen and oxygen atoms in total. The van der Waals surface area contributed by atoms with Gasteiger partial charge in [-0.05, 0) is 12.8 Å². The molecule has 2 rings (SSSR count). The maximum Gasteiger partial charge on any atom is 0.228 e. The van der Waals surface area contributed by atoms with Gasteiger partial charge >= 0.3 is 0 Å². The van der Waals surface area contributed by atoms with Gasteiger partial charge in [-0.15, -0.1) is 0 Å². The Hall–Kier alpha value is -0.600. The number of nitrogens with zero attached hydrogens (tertiary/aromatic N) is 1. The molecule has 10 heavy (non-hydrogen) atoms. The first-order valence-electron chi connectivity index (χ1n) is 3.72. The smallest absolute Gasteiger partial charge is 0.228 e. The van der Waals surface area contributed by atoms with Crippen LogP contribution in [0.2, 0.25) is 0 Å². The second-order valence-electron chi connectivity index (χ2n) is 3.04. The van der Waals surface area contributed by atoms with Crippen molar-refractivity contribution < 1.29 is 9.18 Å². The lowest BCUT2D eigenvalue weighted by Crippen LogP contribution is -2.43. The molecule has 0 spiro atoms. The molecule has 0 bridgehead atoms. The summed E-state index contributed by atoms with van der Waals surface area (Å²) < 4.78 is 12.3. The first-order chi connectivity index (χ1) is 4.79. The van der Waals surface area contributed by atoms with Crippen molar-refractivity contribution in [1.29, 1.82) is 0 Å². The van der Waals surface area contributed by atoms with E-state index >= 15 is 0 Å². The van der Waals surface area contributed by atoms with Crippen LogP contribution in [0, 0.1) is 5.92 Å². The largest absolute Gasteiger partial charge is 0.342 e. The summed E-state index contributed by atoms with van der Waals surface area (Å²) in [6, 6.07) is 0. The van der Waals surface area contributed by atoms with Crippen molar-refractivity contribution in [2.45, 2.75) is 19.0 Å². The third kappa shape index (κ3) is 0.805. The van der Waals surface area contributed by atoms with Gasteiger partial charge in [0, 0.05) is 13.1 Å². The highest BCUT2D eigenvalue weighted by atomic mass is 19.1. The zero-order valence-electron chi connectivity index (χ0n) is 5.72. The van der Waals surface area contributed by atoms with Crippen molar-refractivity contribution in [3.8, 4) is 0 Å². The summed E-state index contributed by atoms with van der Waals surface area (Å²) in [5.74, 6) is -0.223. The van der Waals surface area contributed by atoms with Crippen molar-refractivity contribution in [1.82, 2.24) is 4.90 Å². The number of likely N-dealkylation sites (tertiary alicyclic amines) is 1. The average molecular weight is 143 g/mol. The van der Waals surface area contributed by atoms with E-state index < -0.39 is 6.17 Å². The van der Waals surface area contributed by atoms with E-state index in [-0.39, 0.29) is 11.8 Å². The number of carbonyl (C=O) groups is 1. The standard InChI is InChI=1S/C7H10FNO/c8-6-4-5(6)7(10)9-2-1-3-9/h5-6H,1-4H2/t5-,6-/m1/s1. The van der Waals surface area contributed by atoms with Gasteiger partial charge in [-0.3, -0.25) is 4.79 Å². The van der Waals surface area contributed by atoms with Gasteiger partial charge in [0.05, 0.1) is 5.92 Å². The predicted molar refractivity (Wildman–Crippen MR) is 34.2 cm³/mol. The molecule has 2 atom stereocenters. The van der Waals surface area contributed by atoms with E-state index in [1.165, 1.54) is 0 Å². The molecule has 0 aromatic heterocycles. The normalized spacial score (nSPS) is 37.1. The van der Waals surface area contributed by atoms with Crippen LogP contribution in [0.4, 0.5) is 4.39 Å². The third-order valence-electron chi connectivity index (χ3n) is 2.20. The van der Waals surface area contributed by atoms with Crippen molar-refractivity contribution >= 4 is 5.91 Å². The number of halogens is 1. The van der Waals surface area contributed by atoms with Crippen LogP contribution in [0.5, 0.6) is 0 Å².